The fourth-order valence-corrected chi connectivity index (χ4v) is 1.68. The standard InChI is InChI=1S/C12H18O3/c1-3-5-9(11-7-13-11)15-10(6-4-2)12-8-14-12/h3-4,9-12H,1-2,5-8H2/t9?,10?,11-,12-/m0/s1. The van der Waals surface area contributed by atoms with Crippen LogP contribution in [0.4, 0.5) is 0 Å². The minimum Gasteiger partial charge on any atom is -0.370 e. The molecule has 0 radical (unpaired) electrons. The summed E-state index contributed by atoms with van der Waals surface area (Å²) in [6, 6.07) is 0. The lowest BCUT2D eigenvalue weighted by Crippen LogP contribution is -2.29. The van der Waals surface area contributed by atoms with Gasteiger partial charge in [0.2, 0.25) is 0 Å². The van der Waals surface area contributed by atoms with E-state index < -0.39 is 0 Å². The molecule has 0 spiro atoms. The van der Waals surface area contributed by atoms with Crippen LogP contribution in [0.15, 0.2) is 25.3 Å². The van der Waals surface area contributed by atoms with Gasteiger partial charge in [-0.2, -0.15) is 0 Å². The van der Waals surface area contributed by atoms with Crippen molar-refractivity contribution in [3.05, 3.63) is 25.3 Å². The van der Waals surface area contributed by atoms with E-state index in [4.69, 9.17) is 14.2 Å². The van der Waals surface area contributed by atoms with Crippen LogP contribution < -0.4 is 0 Å². The Morgan fingerprint density at radius 1 is 1.07 bits per heavy atom. The summed E-state index contributed by atoms with van der Waals surface area (Å²) in [5, 5.41) is 0. The quantitative estimate of drug-likeness (QED) is 0.451. The van der Waals surface area contributed by atoms with E-state index in [2.05, 4.69) is 13.2 Å². The van der Waals surface area contributed by atoms with Crippen LogP contribution in [-0.4, -0.2) is 37.6 Å². The highest BCUT2D eigenvalue weighted by atomic mass is 16.6. The van der Waals surface area contributed by atoms with Gasteiger partial charge < -0.3 is 14.2 Å². The van der Waals surface area contributed by atoms with Gasteiger partial charge in [0, 0.05) is 0 Å². The van der Waals surface area contributed by atoms with Crippen LogP contribution in [-0.2, 0) is 14.2 Å². The maximum absolute atomic E-state index is 5.99. The van der Waals surface area contributed by atoms with E-state index >= 15 is 0 Å². The fourth-order valence-electron chi connectivity index (χ4n) is 1.68. The Morgan fingerprint density at radius 3 is 1.73 bits per heavy atom. The predicted octanol–water partition coefficient (Wildman–Crippen LogP) is 1.69. The number of hydrogen-bond acceptors (Lipinski definition) is 3. The van der Waals surface area contributed by atoms with Gasteiger partial charge >= 0.3 is 0 Å². The summed E-state index contributed by atoms with van der Waals surface area (Å²) in [5.41, 5.74) is 0. The SMILES string of the molecule is C=CCC(OC(CC=C)[C@@H]1CO1)[C@@H]1CO1. The van der Waals surface area contributed by atoms with E-state index in [0.29, 0.717) is 0 Å². The summed E-state index contributed by atoms with van der Waals surface area (Å²) in [6.45, 7) is 9.10. The minimum atomic E-state index is 0.136. The fraction of sp³-hybridized carbons (Fsp3) is 0.667. The molecule has 15 heavy (non-hydrogen) atoms. The molecule has 0 saturated carbocycles. The van der Waals surface area contributed by atoms with Gasteiger partial charge in [-0.25, -0.2) is 0 Å². The van der Waals surface area contributed by atoms with Gasteiger partial charge in [0.05, 0.1) is 25.4 Å². The molecule has 3 nitrogen and oxygen atoms in total. The second-order valence-electron chi connectivity index (χ2n) is 4.01. The molecule has 0 aromatic carbocycles. The summed E-state index contributed by atoms with van der Waals surface area (Å²) in [4.78, 5) is 0. The first kappa shape index (κ1) is 10.9. The van der Waals surface area contributed by atoms with Gasteiger partial charge in [-0.1, -0.05) is 12.2 Å². The van der Waals surface area contributed by atoms with E-state index in [0.717, 1.165) is 26.1 Å². The van der Waals surface area contributed by atoms with E-state index in [1.165, 1.54) is 0 Å². The van der Waals surface area contributed by atoms with Crippen LogP contribution in [0.3, 0.4) is 0 Å². The summed E-state index contributed by atoms with van der Waals surface area (Å²) in [7, 11) is 0. The molecule has 0 amide bonds. The van der Waals surface area contributed by atoms with Crippen molar-refractivity contribution in [3.63, 3.8) is 0 Å². The zero-order chi connectivity index (χ0) is 10.7. The first-order valence-corrected chi connectivity index (χ1v) is 5.45. The van der Waals surface area contributed by atoms with E-state index in [-0.39, 0.29) is 24.4 Å². The molecule has 2 heterocycles. The monoisotopic (exact) mass is 210 g/mol. The third-order valence-corrected chi connectivity index (χ3v) is 2.70. The Hall–Kier alpha value is -0.640. The number of hydrogen-bond donors (Lipinski definition) is 0. The van der Waals surface area contributed by atoms with E-state index in [9.17, 15) is 0 Å². The molecular formula is C12H18O3. The molecule has 2 rings (SSSR count). The highest BCUT2D eigenvalue weighted by Gasteiger charge is 2.39. The lowest BCUT2D eigenvalue weighted by atomic mass is 10.1. The first-order valence-electron chi connectivity index (χ1n) is 5.45. The average Bonchev–Trinajstić information content (AvgIpc) is 3.05. The van der Waals surface area contributed by atoms with Crippen LogP contribution in [0.25, 0.3) is 0 Å². The zero-order valence-corrected chi connectivity index (χ0v) is 8.93. The molecule has 2 aliphatic heterocycles. The topological polar surface area (TPSA) is 34.3 Å². The van der Waals surface area contributed by atoms with Gasteiger partial charge in [-0.15, -0.1) is 13.2 Å². The summed E-state index contributed by atoms with van der Waals surface area (Å²) in [6.07, 6.45) is 6.23. The zero-order valence-electron chi connectivity index (χ0n) is 8.93. The second-order valence-corrected chi connectivity index (χ2v) is 4.01. The van der Waals surface area contributed by atoms with Crippen LogP contribution >= 0.6 is 0 Å². The first-order chi connectivity index (χ1) is 7.35. The third-order valence-electron chi connectivity index (χ3n) is 2.70. The maximum atomic E-state index is 5.99. The van der Waals surface area contributed by atoms with Crippen molar-refractivity contribution in [1.82, 2.24) is 0 Å². The Labute approximate surface area is 90.7 Å². The molecule has 0 bridgehead atoms. The van der Waals surface area contributed by atoms with Crippen molar-refractivity contribution in [2.45, 2.75) is 37.3 Å². The average molecular weight is 210 g/mol. The van der Waals surface area contributed by atoms with Gasteiger partial charge in [0.15, 0.2) is 0 Å². The molecule has 2 fully saturated rings. The lowest BCUT2D eigenvalue weighted by Gasteiger charge is -2.20. The molecule has 0 N–H and O–H groups in total. The van der Waals surface area contributed by atoms with E-state index in [1.54, 1.807) is 0 Å². The van der Waals surface area contributed by atoms with Crippen LogP contribution in [0.1, 0.15) is 12.8 Å². The van der Waals surface area contributed by atoms with Crippen molar-refractivity contribution in [3.8, 4) is 0 Å². The molecule has 4 atom stereocenters. The number of rotatable bonds is 8. The summed E-state index contributed by atoms with van der Waals surface area (Å²) >= 11 is 0. The summed E-state index contributed by atoms with van der Waals surface area (Å²) in [5.74, 6) is 0. The Morgan fingerprint density at radius 2 is 1.47 bits per heavy atom. The minimum absolute atomic E-state index is 0.136. The van der Waals surface area contributed by atoms with Gasteiger partial charge in [-0.3, -0.25) is 0 Å². The van der Waals surface area contributed by atoms with Crippen molar-refractivity contribution in [1.29, 1.82) is 0 Å². The van der Waals surface area contributed by atoms with Crippen molar-refractivity contribution >= 4 is 0 Å². The molecule has 2 unspecified atom stereocenters. The number of epoxide rings is 2. The highest BCUT2D eigenvalue weighted by Crippen LogP contribution is 2.27. The second kappa shape index (κ2) is 4.92. The molecule has 0 aliphatic carbocycles. The molecule has 3 heteroatoms. The number of ether oxygens (including phenoxy) is 3. The molecule has 2 saturated heterocycles. The third kappa shape index (κ3) is 3.16. The highest BCUT2D eigenvalue weighted by molar-refractivity contribution is 4.91. The van der Waals surface area contributed by atoms with Crippen LogP contribution in [0.5, 0.6) is 0 Å². The molecule has 0 aromatic rings. The van der Waals surface area contributed by atoms with Gasteiger partial charge in [0.25, 0.3) is 0 Å². The maximum Gasteiger partial charge on any atom is 0.107 e. The predicted molar refractivity (Wildman–Crippen MR) is 57.8 cm³/mol. The largest absolute Gasteiger partial charge is 0.370 e. The van der Waals surface area contributed by atoms with Gasteiger partial charge in [-0.05, 0) is 12.8 Å². The lowest BCUT2D eigenvalue weighted by molar-refractivity contribution is -0.0343. The Kier molecular flexibility index (Phi) is 3.57. The summed E-state index contributed by atoms with van der Waals surface area (Å²) < 4.78 is 16.5. The van der Waals surface area contributed by atoms with E-state index in [1.807, 2.05) is 12.2 Å². The van der Waals surface area contributed by atoms with Crippen molar-refractivity contribution < 1.29 is 14.2 Å². The van der Waals surface area contributed by atoms with Crippen LogP contribution in [0, 0.1) is 0 Å². The van der Waals surface area contributed by atoms with Crippen molar-refractivity contribution in [2.75, 3.05) is 13.2 Å². The normalized spacial score (nSPS) is 31.7. The molecule has 84 valence electrons. The molecular weight excluding hydrogens is 192 g/mol. The van der Waals surface area contributed by atoms with Gasteiger partial charge in [0.1, 0.15) is 12.2 Å². The Bertz CT molecular complexity index is 207. The Balaban J connectivity index is 1.83. The smallest absolute Gasteiger partial charge is 0.107 e. The van der Waals surface area contributed by atoms with Crippen LogP contribution in [0.2, 0.25) is 0 Å². The molecule has 0 aromatic heterocycles. The van der Waals surface area contributed by atoms with Crippen molar-refractivity contribution in [2.24, 2.45) is 0 Å². The molecule has 2 aliphatic rings.